The van der Waals surface area contributed by atoms with Crippen molar-refractivity contribution < 1.29 is 19.4 Å². The third-order valence-corrected chi connectivity index (χ3v) is 3.56. The maximum Gasteiger partial charge on any atom is 0.326 e. The number of aliphatic carboxylic acids is 1. The zero-order valence-electron chi connectivity index (χ0n) is 10.8. The fraction of sp³-hybridized carbons (Fsp3) is 0.429. The Bertz CT molecular complexity index is 502. The maximum absolute atomic E-state index is 11.7. The number of carboxylic acid groups (broad SMARTS) is 1. The van der Waals surface area contributed by atoms with Crippen molar-refractivity contribution >= 4 is 27.8 Å². The van der Waals surface area contributed by atoms with Gasteiger partial charge in [0, 0.05) is 4.47 Å². The summed E-state index contributed by atoms with van der Waals surface area (Å²) in [6.45, 7) is 0.222. The molecule has 2 rings (SSSR count). The van der Waals surface area contributed by atoms with Crippen LogP contribution in [0.25, 0.3) is 0 Å². The molecule has 108 valence electrons. The van der Waals surface area contributed by atoms with Gasteiger partial charge >= 0.3 is 5.97 Å². The van der Waals surface area contributed by atoms with Crippen molar-refractivity contribution in [1.82, 2.24) is 5.32 Å². The molecule has 0 heterocycles. The molecule has 0 saturated heterocycles. The monoisotopic (exact) mass is 341 g/mol. The van der Waals surface area contributed by atoms with Crippen molar-refractivity contribution in [2.45, 2.75) is 25.3 Å². The Kier molecular flexibility index (Phi) is 5.00. The first kappa shape index (κ1) is 14.8. The summed E-state index contributed by atoms with van der Waals surface area (Å²) >= 11 is 3.33. The Morgan fingerprint density at radius 1 is 1.45 bits per heavy atom. The van der Waals surface area contributed by atoms with Crippen molar-refractivity contribution in [3.05, 3.63) is 28.7 Å². The normalized spacial score (nSPS) is 15.4. The Labute approximate surface area is 125 Å². The second-order valence-corrected chi connectivity index (χ2v) is 5.69. The molecule has 1 aliphatic rings. The lowest BCUT2D eigenvalue weighted by Crippen LogP contribution is -2.42. The number of halogens is 1. The first-order valence-corrected chi connectivity index (χ1v) is 7.26. The minimum atomic E-state index is -0.964. The maximum atomic E-state index is 11.7. The number of hydrogen-bond acceptors (Lipinski definition) is 3. The van der Waals surface area contributed by atoms with Crippen LogP contribution in [0, 0.1) is 5.92 Å². The molecule has 1 fully saturated rings. The first-order chi connectivity index (χ1) is 9.56. The molecule has 0 radical (unpaired) electrons. The molecule has 1 aliphatic carbocycles. The van der Waals surface area contributed by atoms with Gasteiger partial charge in [-0.25, -0.2) is 4.79 Å². The van der Waals surface area contributed by atoms with Crippen molar-refractivity contribution in [3.8, 4) is 5.75 Å². The van der Waals surface area contributed by atoms with Crippen LogP contribution in [0.2, 0.25) is 0 Å². The summed E-state index contributed by atoms with van der Waals surface area (Å²) in [6.07, 6.45) is 1.88. The number of carboxylic acids is 1. The van der Waals surface area contributed by atoms with Crippen LogP contribution < -0.4 is 10.1 Å². The van der Waals surface area contributed by atoms with E-state index >= 15 is 0 Å². The second kappa shape index (κ2) is 6.74. The SMILES string of the molecule is O=C(CCOc1cccc(Br)c1)NC(C(=O)O)C1CC1. The summed E-state index contributed by atoms with van der Waals surface area (Å²) in [5.74, 6) is -0.500. The van der Waals surface area contributed by atoms with Crippen LogP contribution in [0.4, 0.5) is 0 Å². The molecule has 1 atom stereocenters. The Balaban J connectivity index is 1.73. The summed E-state index contributed by atoms with van der Waals surface area (Å²) in [7, 11) is 0. The zero-order chi connectivity index (χ0) is 14.5. The molecule has 0 spiro atoms. The van der Waals surface area contributed by atoms with Crippen LogP contribution in [0.1, 0.15) is 19.3 Å². The summed E-state index contributed by atoms with van der Waals surface area (Å²) < 4.78 is 6.34. The van der Waals surface area contributed by atoms with Crippen LogP contribution in [-0.2, 0) is 9.59 Å². The topological polar surface area (TPSA) is 75.6 Å². The summed E-state index contributed by atoms with van der Waals surface area (Å²) in [5, 5.41) is 11.6. The molecule has 1 aromatic carbocycles. The third-order valence-electron chi connectivity index (χ3n) is 3.07. The molecule has 0 aliphatic heterocycles. The van der Waals surface area contributed by atoms with E-state index in [1.165, 1.54) is 0 Å². The van der Waals surface area contributed by atoms with Gasteiger partial charge in [-0.1, -0.05) is 22.0 Å². The molecule has 5 nitrogen and oxygen atoms in total. The van der Waals surface area contributed by atoms with E-state index < -0.39 is 12.0 Å². The molecule has 0 bridgehead atoms. The van der Waals surface area contributed by atoms with Gasteiger partial charge in [0.05, 0.1) is 13.0 Å². The van der Waals surface area contributed by atoms with Crippen molar-refractivity contribution in [3.63, 3.8) is 0 Å². The van der Waals surface area contributed by atoms with Crippen LogP contribution in [0.3, 0.4) is 0 Å². The third kappa shape index (κ3) is 4.52. The van der Waals surface area contributed by atoms with E-state index in [2.05, 4.69) is 21.2 Å². The number of hydrogen-bond donors (Lipinski definition) is 2. The van der Waals surface area contributed by atoms with Gasteiger partial charge < -0.3 is 15.2 Å². The highest BCUT2D eigenvalue weighted by atomic mass is 79.9. The van der Waals surface area contributed by atoms with Gasteiger partial charge in [0.25, 0.3) is 0 Å². The molecule has 20 heavy (non-hydrogen) atoms. The van der Waals surface area contributed by atoms with Gasteiger partial charge in [-0.3, -0.25) is 4.79 Å². The molecular formula is C14H16BrNO4. The predicted octanol–water partition coefficient (Wildman–Crippen LogP) is 2.20. The lowest BCUT2D eigenvalue weighted by atomic mass is 10.2. The Morgan fingerprint density at radius 3 is 2.80 bits per heavy atom. The van der Waals surface area contributed by atoms with Gasteiger partial charge in [-0.2, -0.15) is 0 Å². The second-order valence-electron chi connectivity index (χ2n) is 4.78. The van der Waals surface area contributed by atoms with Gasteiger partial charge in [0.2, 0.25) is 5.91 Å². The van der Waals surface area contributed by atoms with E-state index in [0.717, 1.165) is 17.3 Å². The molecule has 1 aromatic rings. The molecule has 6 heteroatoms. The van der Waals surface area contributed by atoms with Crippen LogP contribution in [0.15, 0.2) is 28.7 Å². The molecule has 1 amide bonds. The molecular weight excluding hydrogens is 326 g/mol. The number of amides is 1. The number of benzene rings is 1. The summed E-state index contributed by atoms with van der Waals surface area (Å²) in [6, 6.07) is 6.57. The minimum Gasteiger partial charge on any atom is -0.493 e. The quantitative estimate of drug-likeness (QED) is 0.797. The number of carbonyl (C=O) groups is 2. The zero-order valence-corrected chi connectivity index (χ0v) is 12.4. The number of ether oxygens (including phenoxy) is 1. The summed E-state index contributed by atoms with van der Waals surface area (Å²) in [4.78, 5) is 22.7. The number of rotatable bonds is 7. The summed E-state index contributed by atoms with van der Waals surface area (Å²) in [5.41, 5.74) is 0. The van der Waals surface area contributed by atoms with Gasteiger partial charge in [-0.15, -0.1) is 0 Å². The van der Waals surface area contributed by atoms with E-state index in [1.807, 2.05) is 18.2 Å². The average Bonchev–Trinajstić information content (AvgIpc) is 3.20. The number of carbonyl (C=O) groups excluding carboxylic acids is 1. The van der Waals surface area contributed by atoms with Gasteiger partial charge in [-0.05, 0) is 37.0 Å². The van der Waals surface area contributed by atoms with E-state index in [4.69, 9.17) is 9.84 Å². The highest BCUT2D eigenvalue weighted by molar-refractivity contribution is 9.10. The lowest BCUT2D eigenvalue weighted by Gasteiger charge is -2.13. The van der Waals surface area contributed by atoms with Crippen molar-refractivity contribution in [2.75, 3.05) is 6.61 Å². The first-order valence-electron chi connectivity index (χ1n) is 6.47. The fourth-order valence-corrected chi connectivity index (χ4v) is 2.25. The molecule has 1 unspecified atom stereocenters. The molecule has 2 N–H and O–H groups in total. The highest BCUT2D eigenvalue weighted by Gasteiger charge is 2.37. The smallest absolute Gasteiger partial charge is 0.326 e. The highest BCUT2D eigenvalue weighted by Crippen LogP contribution is 2.32. The van der Waals surface area contributed by atoms with Gasteiger partial charge in [0.15, 0.2) is 0 Å². The van der Waals surface area contributed by atoms with Crippen LogP contribution in [-0.4, -0.2) is 29.6 Å². The van der Waals surface area contributed by atoms with Gasteiger partial charge in [0.1, 0.15) is 11.8 Å². The van der Waals surface area contributed by atoms with E-state index in [1.54, 1.807) is 6.07 Å². The Hall–Kier alpha value is -1.56. The minimum absolute atomic E-state index is 0.0856. The molecule has 0 aromatic heterocycles. The van der Waals surface area contributed by atoms with E-state index in [0.29, 0.717) is 5.75 Å². The Morgan fingerprint density at radius 2 is 2.20 bits per heavy atom. The average molecular weight is 342 g/mol. The lowest BCUT2D eigenvalue weighted by molar-refractivity contribution is -0.142. The van der Waals surface area contributed by atoms with Crippen molar-refractivity contribution in [2.24, 2.45) is 5.92 Å². The predicted molar refractivity (Wildman–Crippen MR) is 76.5 cm³/mol. The van der Waals surface area contributed by atoms with Crippen molar-refractivity contribution in [1.29, 1.82) is 0 Å². The van der Waals surface area contributed by atoms with Crippen LogP contribution >= 0.6 is 15.9 Å². The van der Waals surface area contributed by atoms with E-state index in [9.17, 15) is 9.59 Å². The fourth-order valence-electron chi connectivity index (χ4n) is 1.87. The number of nitrogens with one attached hydrogen (secondary N) is 1. The largest absolute Gasteiger partial charge is 0.493 e. The molecule has 1 saturated carbocycles. The standard InChI is InChI=1S/C14H16BrNO4/c15-10-2-1-3-11(8-10)20-7-6-12(17)16-13(14(18)19)9-4-5-9/h1-3,8-9,13H,4-7H2,(H,16,17)(H,18,19). The van der Waals surface area contributed by atoms with Crippen LogP contribution in [0.5, 0.6) is 5.75 Å². The van der Waals surface area contributed by atoms with E-state index in [-0.39, 0.29) is 24.9 Å².